The van der Waals surface area contributed by atoms with Crippen LogP contribution in [0.1, 0.15) is 19.8 Å². The van der Waals surface area contributed by atoms with Gasteiger partial charge in [0.2, 0.25) is 0 Å². The van der Waals surface area contributed by atoms with Gasteiger partial charge in [-0.15, -0.1) is 0 Å². The minimum Gasteiger partial charge on any atom is -0.396 e. The van der Waals surface area contributed by atoms with Crippen molar-refractivity contribution in [3.05, 3.63) is 0 Å². The molecule has 3 heterocycles. The molecule has 78 valence electrons. The standard InChI is InChI=1S/C6H12N2.C4H10O/c1-2-8-5-3-7(1)4-6-8;1-2-3-4-5/h1-6H2;5H,2-4H2,1H3. The fourth-order valence-corrected chi connectivity index (χ4v) is 1.68. The van der Waals surface area contributed by atoms with Crippen molar-refractivity contribution in [3.63, 3.8) is 0 Å². The van der Waals surface area contributed by atoms with Crippen LogP contribution < -0.4 is 0 Å². The van der Waals surface area contributed by atoms with E-state index in [0.717, 1.165) is 12.8 Å². The molecule has 13 heavy (non-hydrogen) atoms. The van der Waals surface area contributed by atoms with Crippen LogP contribution in [0.25, 0.3) is 0 Å². The van der Waals surface area contributed by atoms with Crippen LogP contribution in [0, 0.1) is 0 Å². The largest absolute Gasteiger partial charge is 0.396 e. The van der Waals surface area contributed by atoms with E-state index in [0.29, 0.717) is 6.61 Å². The Morgan fingerprint density at radius 3 is 1.38 bits per heavy atom. The topological polar surface area (TPSA) is 26.7 Å². The van der Waals surface area contributed by atoms with Crippen molar-refractivity contribution in [2.24, 2.45) is 0 Å². The molecule has 3 rings (SSSR count). The summed E-state index contributed by atoms with van der Waals surface area (Å²) in [6.07, 6.45) is 2.04. The number of unbranched alkanes of at least 4 members (excludes halogenated alkanes) is 1. The van der Waals surface area contributed by atoms with Gasteiger partial charge in [-0.2, -0.15) is 0 Å². The maximum Gasteiger partial charge on any atom is 0.0430 e. The summed E-state index contributed by atoms with van der Waals surface area (Å²) in [4.78, 5) is 5.08. The van der Waals surface area contributed by atoms with E-state index < -0.39 is 0 Å². The summed E-state index contributed by atoms with van der Waals surface area (Å²) in [5, 5.41) is 8.07. The van der Waals surface area contributed by atoms with Crippen molar-refractivity contribution in [3.8, 4) is 0 Å². The second-order valence-electron chi connectivity index (χ2n) is 3.76. The van der Waals surface area contributed by atoms with Crippen molar-refractivity contribution in [2.45, 2.75) is 19.8 Å². The molecule has 3 fully saturated rings. The van der Waals surface area contributed by atoms with E-state index in [9.17, 15) is 0 Å². The SMILES string of the molecule is C1CN2CCN1CC2.CCCCO. The third-order valence-corrected chi connectivity index (χ3v) is 2.71. The third kappa shape index (κ3) is 4.07. The quantitative estimate of drug-likeness (QED) is 0.676. The maximum absolute atomic E-state index is 8.07. The van der Waals surface area contributed by atoms with Crippen LogP contribution in [0.15, 0.2) is 0 Å². The zero-order chi connectivity index (χ0) is 9.52. The molecule has 0 aromatic heterocycles. The number of piperazine rings is 3. The molecule has 0 saturated carbocycles. The zero-order valence-corrected chi connectivity index (χ0v) is 8.71. The molecule has 3 saturated heterocycles. The van der Waals surface area contributed by atoms with Gasteiger partial charge in [0, 0.05) is 45.9 Å². The van der Waals surface area contributed by atoms with Crippen LogP contribution in [0.3, 0.4) is 0 Å². The lowest BCUT2D eigenvalue weighted by Crippen LogP contribution is -2.55. The van der Waals surface area contributed by atoms with Gasteiger partial charge in [-0.25, -0.2) is 0 Å². The minimum absolute atomic E-state index is 0.344. The molecule has 2 bridgehead atoms. The number of fused-ring (bicyclic) bond motifs is 3. The van der Waals surface area contributed by atoms with E-state index in [1.54, 1.807) is 0 Å². The number of aliphatic hydroxyl groups excluding tert-OH is 1. The molecule has 1 N–H and O–H groups in total. The Morgan fingerprint density at radius 2 is 1.31 bits per heavy atom. The molecule has 0 aromatic carbocycles. The summed E-state index contributed by atoms with van der Waals surface area (Å²) in [6.45, 7) is 10.3. The summed E-state index contributed by atoms with van der Waals surface area (Å²) in [6, 6.07) is 0. The first kappa shape index (κ1) is 11.0. The maximum atomic E-state index is 8.07. The monoisotopic (exact) mass is 186 g/mol. The highest BCUT2D eigenvalue weighted by Gasteiger charge is 2.21. The average molecular weight is 186 g/mol. The van der Waals surface area contributed by atoms with Gasteiger partial charge in [-0.3, -0.25) is 9.80 Å². The Bertz CT molecular complexity index is 97.1. The summed E-state index contributed by atoms with van der Waals surface area (Å²) in [7, 11) is 0. The third-order valence-electron chi connectivity index (χ3n) is 2.71. The van der Waals surface area contributed by atoms with Gasteiger partial charge in [0.25, 0.3) is 0 Å². The molecule has 3 aliphatic rings. The van der Waals surface area contributed by atoms with Crippen LogP contribution in [0.5, 0.6) is 0 Å². The van der Waals surface area contributed by atoms with E-state index in [1.165, 1.54) is 39.3 Å². The summed E-state index contributed by atoms with van der Waals surface area (Å²) < 4.78 is 0. The molecule has 0 amide bonds. The first-order valence-electron chi connectivity index (χ1n) is 5.42. The Kier molecular flexibility index (Phi) is 5.35. The molecular weight excluding hydrogens is 164 g/mol. The first-order valence-corrected chi connectivity index (χ1v) is 5.42. The number of hydrogen-bond acceptors (Lipinski definition) is 3. The minimum atomic E-state index is 0.344. The molecular formula is C10H22N2O. The van der Waals surface area contributed by atoms with Crippen molar-refractivity contribution in [1.82, 2.24) is 9.80 Å². The number of rotatable bonds is 2. The Labute approximate surface area is 81.3 Å². The van der Waals surface area contributed by atoms with Crippen LogP contribution in [-0.4, -0.2) is 60.8 Å². The predicted octanol–water partition coefficient (Wildman–Crippen LogP) is 0.396. The highest BCUT2D eigenvalue weighted by atomic mass is 16.2. The number of aliphatic hydroxyl groups is 1. The Morgan fingerprint density at radius 1 is 0.923 bits per heavy atom. The zero-order valence-electron chi connectivity index (χ0n) is 8.71. The fourth-order valence-electron chi connectivity index (χ4n) is 1.68. The number of hydrogen-bond donors (Lipinski definition) is 1. The average Bonchev–Trinajstić information content (AvgIpc) is 2.23. The number of nitrogens with zero attached hydrogens (tertiary/aromatic N) is 2. The summed E-state index contributed by atoms with van der Waals surface area (Å²) in [5.41, 5.74) is 0. The Hall–Kier alpha value is -0.120. The van der Waals surface area contributed by atoms with Crippen LogP contribution in [0.2, 0.25) is 0 Å². The lowest BCUT2D eigenvalue weighted by Gasteiger charge is -2.41. The molecule has 0 radical (unpaired) electrons. The van der Waals surface area contributed by atoms with Gasteiger partial charge >= 0.3 is 0 Å². The summed E-state index contributed by atoms with van der Waals surface area (Å²) >= 11 is 0. The highest BCUT2D eigenvalue weighted by molar-refractivity contribution is 4.78. The van der Waals surface area contributed by atoms with Gasteiger partial charge in [0.1, 0.15) is 0 Å². The smallest absolute Gasteiger partial charge is 0.0430 e. The molecule has 0 aliphatic carbocycles. The second-order valence-corrected chi connectivity index (χ2v) is 3.76. The van der Waals surface area contributed by atoms with E-state index in [2.05, 4.69) is 16.7 Å². The van der Waals surface area contributed by atoms with Crippen LogP contribution in [0.4, 0.5) is 0 Å². The molecule has 3 heteroatoms. The van der Waals surface area contributed by atoms with Crippen molar-refractivity contribution in [2.75, 3.05) is 45.9 Å². The lowest BCUT2D eigenvalue weighted by atomic mass is 10.2. The van der Waals surface area contributed by atoms with Crippen molar-refractivity contribution < 1.29 is 5.11 Å². The van der Waals surface area contributed by atoms with E-state index in [1.807, 2.05) is 0 Å². The first-order chi connectivity index (χ1) is 6.36. The van der Waals surface area contributed by atoms with Gasteiger partial charge in [0.05, 0.1) is 0 Å². The second kappa shape index (κ2) is 6.35. The fraction of sp³-hybridized carbons (Fsp3) is 1.00. The molecule has 0 unspecified atom stereocenters. The van der Waals surface area contributed by atoms with E-state index in [-0.39, 0.29) is 0 Å². The molecule has 0 aromatic rings. The predicted molar refractivity (Wildman–Crippen MR) is 54.9 cm³/mol. The van der Waals surface area contributed by atoms with E-state index in [4.69, 9.17) is 5.11 Å². The Balaban J connectivity index is 0.000000149. The summed E-state index contributed by atoms with van der Waals surface area (Å²) in [5.74, 6) is 0. The van der Waals surface area contributed by atoms with E-state index >= 15 is 0 Å². The van der Waals surface area contributed by atoms with Gasteiger partial charge in [0.15, 0.2) is 0 Å². The molecule has 3 aliphatic heterocycles. The van der Waals surface area contributed by atoms with Gasteiger partial charge < -0.3 is 5.11 Å². The van der Waals surface area contributed by atoms with Crippen LogP contribution in [-0.2, 0) is 0 Å². The van der Waals surface area contributed by atoms with Gasteiger partial charge in [-0.1, -0.05) is 13.3 Å². The lowest BCUT2D eigenvalue weighted by molar-refractivity contribution is 0.0647. The molecule has 0 spiro atoms. The van der Waals surface area contributed by atoms with Gasteiger partial charge in [-0.05, 0) is 6.42 Å². The highest BCUT2D eigenvalue weighted by Crippen LogP contribution is 2.06. The van der Waals surface area contributed by atoms with Crippen molar-refractivity contribution in [1.29, 1.82) is 0 Å². The van der Waals surface area contributed by atoms with Crippen LogP contribution >= 0.6 is 0 Å². The molecule has 3 nitrogen and oxygen atoms in total. The van der Waals surface area contributed by atoms with Crippen molar-refractivity contribution >= 4 is 0 Å². The normalized spacial score (nSPS) is 30.9. The molecule has 0 atom stereocenters.